The first-order valence-corrected chi connectivity index (χ1v) is 3.91. The van der Waals surface area contributed by atoms with Crippen LogP contribution < -0.4 is 0 Å². The average Bonchev–Trinajstić information content (AvgIpc) is 2.18. The van der Waals surface area contributed by atoms with Crippen LogP contribution in [-0.4, -0.2) is 18.1 Å². The van der Waals surface area contributed by atoms with Crippen LogP contribution in [-0.2, 0) is 11.2 Å². The number of ether oxygens (including phenoxy) is 1. The molecule has 0 N–H and O–H groups in total. The van der Waals surface area contributed by atoms with Crippen LogP contribution in [0.4, 0.5) is 0 Å². The number of nitrogens with zero attached hydrogens (tertiary/aromatic N) is 1. The molecule has 0 unspecified atom stereocenters. The van der Waals surface area contributed by atoms with Gasteiger partial charge in [0.1, 0.15) is 0 Å². The van der Waals surface area contributed by atoms with Crippen molar-refractivity contribution in [2.45, 2.75) is 6.42 Å². The number of carbonyl (C=O) groups is 1. The molecule has 0 amide bonds. The summed E-state index contributed by atoms with van der Waals surface area (Å²) in [6, 6.07) is 1.79. The second-order valence-electron chi connectivity index (χ2n) is 2.52. The largest absolute Gasteiger partial charge is 0.465 e. The van der Waals surface area contributed by atoms with Crippen molar-refractivity contribution in [2.75, 3.05) is 7.11 Å². The first-order valence-electron chi connectivity index (χ1n) is 3.91. The zero-order valence-corrected chi connectivity index (χ0v) is 7.49. The van der Waals surface area contributed by atoms with Crippen molar-refractivity contribution in [3.05, 3.63) is 42.2 Å². The predicted octanol–water partition coefficient (Wildman–Crippen LogP) is 1.60. The van der Waals surface area contributed by atoms with Crippen LogP contribution in [0.5, 0.6) is 0 Å². The molecule has 1 aromatic rings. The van der Waals surface area contributed by atoms with Gasteiger partial charge in [0.25, 0.3) is 0 Å². The maximum atomic E-state index is 11.2. The Morgan fingerprint density at radius 1 is 1.77 bits per heavy atom. The van der Waals surface area contributed by atoms with Crippen molar-refractivity contribution >= 4 is 5.97 Å². The fourth-order valence-corrected chi connectivity index (χ4v) is 1.05. The highest BCUT2D eigenvalue weighted by molar-refractivity contribution is 5.90. The van der Waals surface area contributed by atoms with Crippen LogP contribution in [0.25, 0.3) is 0 Å². The molecule has 0 aliphatic rings. The van der Waals surface area contributed by atoms with Gasteiger partial charge in [0.05, 0.1) is 12.7 Å². The van der Waals surface area contributed by atoms with Crippen LogP contribution in [0.3, 0.4) is 0 Å². The van der Waals surface area contributed by atoms with E-state index in [-0.39, 0.29) is 5.97 Å². The fraction of sp³-hybridized carbons (Fsp3) is 0.200. The van der Waals surface area contributed by atoms with E-state index >= 15 is 0 Å². The summed E-state index contributed by atoms with van der Waals surface area (Å²) in [7, 11) is 1.35. The smallest absolute Gasteiger partial charge is 0.339 e. The minimum absolute atomic E-state index is 0.357. The summed E-state index contributed by atoms with van der Waals surface area (Å²) in [6.45, 7) is 3.61. The molecule has 1 heterocycles. The maximum absolute atomic E-state index is 11.2. The number of rotatable bonds is 3. The fourth-order valence-electron chi connectivity index (χ4n) is 1.05. The van der Waals surface area contributed by atoms with E-state index in [1.165, 1.54) is 13.3 Å². The lowest BCUT2D eigenvalue weighted by molar-refractivity contribution is 0.0599. The normalized spacial score (nSPS) is 9.31. The van der Waals surface area contributed by atoms with Gasteiger partial charge in [-0.3, -0.25) is 4.98 Å². The van der Waals surface area contributed by atoms with Crippen LogP contribution in [0, 0.1) is 0 Å². The summed E-state index contributed by atoms with van der Waals surface area (Å²) >= 11 is 0. The van der Waals surface area contributed by atoms with E-state index in [1.54, 1.807) is 18.3 Å². The SMILES string of the molecule is C=CCc1ccncc1C(=O)OC. The number of esters is 1. The summed E-state index contributed by atoms with van der Waals surface area (Å²) < 4.78 is 4.61. The third-order valence-corrected chi connectivity index (χ3v) is 1.68. The topological polar surface area (TPSA) is 39.2 Å². The van der Waals surface area contributed by atoms with E-state index in [9.17, 15) is 4.79 Å². The molecule has 3 heteroatoms. The van der Waals surface area contributed by atoms with Gasteiger partial charge in [0, 0.05) is 12.4 Å². The lowest BCUT2D eigenvalue weighted by Crippen LogP contribution is -2.05. The minimum Gasteiger partial charge on any atom is -0.465 e. The summed E-state index contributed by atoms with van der Waals surface area (Å²) in [5, 5.41) is 0. The molecular weight excluding hydrogens is 166 g/mol. The average molecular weight is 177 g/mol. The van der Waals surface area contributed by atoms with E-state index in [0.29, 0.717) is 12.0 Å². The van der Waals surface area contributed by atoms with E-state index in [0.717, 1.165) is 5.56 Å². The molecule has 1 aromatic heterocycles. The summed E-state index contributed by atoms with van der Waals surface area (Å²) in [6.07, 6.45) is 5.53. The van der Waals surface area contributed by atoms with Crippen molar-refractivity contribution in [1.29, 1.82) is 0 Å². The van der Waals surface area contributed by atoms with E-state index < -0.39 is 0 Å². The molecule has 0 saturated carbocycles. The standard InChI is InChI=1S/C10H11NO2/c1-3-4-8-5-6-11-7-9(8)10(12)13-2/h3,5-7H,1,4H2,2H3. The molecule has 0 aromatic carbocycles. The Kier molecular flexibility index (Phi) is 3.20. The highest BCUT2D eigenvalue weighted by Crippen LogP contribution is 2.09. The Morgan fingerprint density at radius 3 is 3.15 bits per heavy atom. The summed E-state index contributed by atoms with van der Waals surface area (Å²) in [5.74, 6) is -0.357. The number of pyridine rings is 1. The molecule has 0 fully saturated rings. The molecule has 13 heavy (non-hydrogen) atoms. The monoisotopic (exact) mass is 177 g/mol. The number of methoxy groups -OCH3 is 1. The van der Waals surface area contributed by atoms with Crippen molar-refractivity contribution < 1.29 is 9.53 Å². The zero-order chi connectivity index (χ0) is 9.68. The molecule has 3 nitrogen and oxygen atoms in total. The quantitative estimate of drug-likeness (QED) is 0.520. The molecule has 0 radical (unpaired) electrons. The van der Waals surface area contributed by atoms with Gasteiger partial charge in [0.15, 0.2) is 0 Å². The molecule has 0 saturated heterocycles. The van der Waals surface area contributed by atoms with Gasteiger partial charge in [0.2, 0.25) is 0 Å². The highest BCUT2D eigenvalue weighted by atomic mass is 16.5. The molecule has 0 spiro atoms. The molecule has 1 rings (SSSR count). The van der Waals surface area contributed by atoms with E-state index in [4.69, 9.17) is 0 Å². The number of hydrogen-bond acceptors (Lipinski definition) is 3. The van der Waals surface area contributed by atoms with Crippen LogP contribution in [0.15, 0.2) is 31.1 Å². The van der Waals surface area contributed by atoms with Crippen LogP contribution >= 0.6 is 0 Å². The Hall–Kier alpha value is -1.64. The molecule has 0 aliphatic heterocycles. The van der Waals surface area contributed by atoms with Gasteiger partial charge in [-0.1, -0.05) is 6.08 Å². The van der Waals surface area contributed by atoms with Crippen LogP contribution in [0.2, 0.25) is 0 Å². The Labute approximate surface area is 77.1 Å². The van der Waals surface area contributed by atoms with Crippen molar-refractivity contribution in [3.8, 4) is 0 Å². The van der Waals surface area contributed by atoms with Crippen molar-refractivity contribution in [1.82, 2.24) is 4.98 Å². The number of carbonyl (C=O) groups excluding carboxylic acids is 1. The van der Waals surface area contributed by atoms with Crippen molar-refractivity contribution in [3.63, 3.8) is 0 Å². The summed E-state index contributed by atoms with van der Waals surface area (Å²) in [4.78, 5) is 15.1. The highest BCUT2D eigenvalue weighted by Gasteiger charge is 2.09. The summed E-state index contributed by atoms with van der Waals surface area (Å²) in [5.41, 5.74) is 1.39. The predicted molar refractivity (Wildman–Crippen MR) is 49.5 cm³/mol. The first kappa shape index (κ1) is 9.45. The third-order valence-electron chi connectivity index (χ3n) is 1.68. The third kappa shape index (κ3) is 2.15. The lowest BCUT2D eigenvalue weighted by Gasteiger charge is -2.03. The zero-order valence-electron chi connectivity index (χ0n) is 7.49. The van der Waals surface area contributed by atoms with Gasteiger partial charge < -0.3 is 4.74 Å². The second-order valence-corrected chi connectivity index (χ2v) is 2.52. The van der Waals surface area contributed by atoms with E-state index in [2.05, 4.69) is 16.3 Å². The molecule has 68 valence electrons. The number of aromatic nitrogens is 1. The van der Waals surface area contributed by atoms with Gasteiger partial charge in [-0.25, -0.2) is 4.79 Å². The first-order chi connectivity index (χ1) is 6.29. The molecular formula is C10H11NO2. The van der Waals surface area contributed by atoms with E-state index in [1.807, 2.05) is 0 Å². The Balaban J connectivity index is 3.03. The van der Waals surface area contributed by atoms with Gasteiger partial charge in [-0.05, 0) is 18.1 Å². The number of hydrogen-bond donors (Lipinski definition) is 0. The van der Waals surface area contributed by atoms with Gasteiger partial charge in [-0.15, -0.1) is 6.58 Å². The molecule has 0 bridgehead atoms. The molecule has 0 aliphatic carbocycles. The number of allylic oxidation sites excluding steroid dienone is 1. The van der Waals surface area contributed by atoms with Gasteiger partial charge >= 0.3 is 5.97 Å². The second kappa shape index (κ2) is 4.40. The van der Waals surface area contributed by atoms with Gasteiger partial charge in [-0.2, -0.15) is 0 Å². The Bertz CT molecular complexity index is 320. The lowest BCUT2D eigenvalue weighted by atomic mass is 10.1. The maximum Gasteiger partial charge on any atom is 0.339 e. The molecule has 0 atom stereocenters. The Morgan fingerprint density at radius 2 is 2.54 bits per heavy atom. The van der Waals surface area contributed by atoms with Crippen molar-refractivity contribution in [2.24, 2.45) is 0 Å². The van der Waals surface area contributed by atoms with Crippen LogP contribution in [0.1, 0.15) is 15.9 Å². The minimum atomic E-state index is -0.357.